The topological polar surface area (TPSA) is 49.4 Å². The molecule has 2 atom stereocenters. The molecule has 2 amide bonds. The van der Waals surface area contributed by atoms with Crippen LogP contribution < -0.4 is 5.32 Å². The molecule has 5 heteroatoms. The molecule has 1 aliphatic heterocycles. The van der Waals surface area contributed by atoms with Crippen LogP contribution in [0.3, 0.4) is 0 Å². The van der Waals surface area contributed by atoms with Gasteiger partial charge >= 0.3 is 0 Å². The third-order valence-electron chi connectivity index (χ3n) is 4.45. The van der Waals surface area contributed by atoms with Gasteiger partial charge in [0.15, 0.2) is 0 Å². The first-order valence-electron chi connectivity index (χ1n) is 7.93. The van der Waals surface area contributed by atoms with Gasteiger partial charge in [-0.3, -0.25) is 9.59 Å². The van der Waals surface area contributed by atoms with Crippen molar-refractivity contribution in [3.8, 4) is 0 Å². The predicted octanol–water partition coefficient (Wildman–Crippen LogP) is 3.89. The zero-order valence-electron chi connectivity index (χ0n) is 13.4. The second-order valence-electron chi connectivity index (χ2n) is 6.00. The number of likely N-dealkylation sites (tertiary alicyclic amines) is 1. The van der Waals surface area contributed by atoms with Crippen molar-refractivity contribution in [2.24, 2.45) is 5.92 Å². The molecule has 0 saturated carbocycles. The zero-order chi connectivity index (χ0) is 17.1. The fourth-order valence-corrected chi connectivity index (χ4v) is 3.31. The Morgan fingerprint density at radius 2 is 1.79 bits per heavy atom. The van der Waals surface area contributed by atoms with Gasteiger partial charge in [-0.2, -0.15) is 0 Å². The van der Waals surface area contributed by atoms with E-state index in [1.165, 1.54) is 0 Å². The van der Waals surface area contributed by atoms with E-state index in [4.69, 9.17) is 11.6 Å². The lowest BCUT2D eigenvalue weighted by Gasteiger charge is -2.38. The van der Waals surface area contributed by atoms with Gasteiger partial charge in [-0.1, -0.05) is 41.9 Å². The van der Waals surface area contributed by atoms with Crippen molar-refractivity contribution in [1.29, 1.82) is 0 Å². The van der Waals surface area contributed by atoms with E-state index in [0.29, 0.717) is 23.6 Å². The molecule has 124 valence electrons. The highest BCUT2D eigenvalue weighted by Crippen LogP contribution is 2.36. The minimum atomic E-state index is -0.286. The van der Waals surface area contributed by atoms with Crippen LogP contribution in [0.25, 0.3) is 0 Å². The largest absolute Gasteiger partial charge is 0.338 e. The molecule has 4 nitrogen and oxygen atoms in total. The normalized spacial score (nSPS) is 20.8. The maximum Gasteiger partial charge on any atom is 0.229 e. The molecule has 2 aromatic rings. The van der Waals surface area contributed by atoms with Crippen molar-refractivity contribution in [2.45, 2.75) is 18.9 Å². The zero-order valence-corrected chi connectivity index (χ0v) is 14.2. The minimum Gasteiger partial charge on any atom is -0.338 e. The van der Waals surface area contributed by atoms with Crippen LogP contribution in [0, 0.1) is 5.92 Å². The molecule has 0 radical (unpaired) electrons. The summed E-state index contributed by atoms with van der Waals surface area (Å²) < 4.78 is 0. The first-order chi connectivity index (χ1) is 11.6. The molecule has 1 saturated heterocycles. The van der Waals surface area contributed by atoms with Gasteiger partial charge in [-0.15, -0.1) is 0 Å². The molecule has 1 heterocycles. The minimum absolute atomic E-state index is 0.0689. The van der Waals surface area contributed by atoms with Crippen molar-refractivity contribution in [3.63, 3.8) is 0 Å². The van der Waals surface area contributed by atoms with Crippen LogP contribution in [0.2, 0.25) is 5.02 Å². The van der Waals surface area contributed by atoms with Crippen molar-refractivity contribution < 1.29 is 9.59 Å². The van der Waals surface area contributed by atoms with Gasteiger partial charge in [0.05, 0.1) is 12.0 Å². The van der Waals surface area contributed by atoms with E-state index in [-0.39, 0.29) is 23.8 Å². The van der Waals surface area contributed by atoms with Gasteiger partial charge in [0.2, 0.25) is 11.8 Å². The van der Waals surface area contributed by atoms with Gasteiger partial charge in [0.25, 0.3) is 0 Å². The average molecular weight is 343 g/mol. The Morgan fingerprint density at radius 3 is 2.46 bits per heavy atom. The number of piperidine rings is 1. The Labute approximate surface area is 146 Å². The molecular weight excluding hydrogens is 324 g/mol. The van der Waals surface area contributed by atoms with Gasteiger partial charge in [0, 0.05) is 24.2 Å². The molecule has 2 unspecified atom stereocenters. The number of halogens is 1. The summed E-state index contributed by atoms with van der Waals surface area (Å²) in [5.74, 6) is -0.296. The second-order valence-corrected chi connectivity index (χ2v) is 6.44. The third kappa shape index (κ3) is 3.44. The number of nitrogens with zero attached hydrogens (tertiary/aromatic N) is 1. The van der Waals surface area contributed by atoms with E-state index in [1.807, 2.05) is 30.3 Å². The van der Waals surface area contributed by atoms with E-state index >= 15 is 0 Å². The van der Waals surface area contributed by atoms with E-state index in [0.717, 1.165) is 5.56 Å². The van der Waals surface area contributed by atoms with Crippen LogP contribution >= 0.6 is 11.6 Å². The Balaban J connectivity index is 1.84. The number of amides is 2. The summed E-state index contributed by atoms with van der Waals surface area (Å²) in [5, 5.41) is 3.56. The Bertz CT molecular complexity index is 731. The molecule has 1 fully saturated rings. The standard InChI is InChI=1S/C19H19ClN2O2/c1-22-17(23)12-11-16(18(22)13-5-3-2-4-6-13)19(24)21-15-9-7-14(20)8-10-15/h2-10,16,18H,11-12H2,1H3,(H,21,24). The first-order valence-corrected chi connectivity index (χ1v) is 8.31. The SMILES string of the molecule is CN1C(=O)CCC(C(=O)Nc2ccc(Cl)cc2)C1c1ccccc1. The lowest BCUT2D eigenvalue weighted by atomic mass is 9.84. The fourth-order valence-electron chi connectivity index (χ4n) is 3.19. The molecule has 1 aliphatic rings. The van der Waals surface area contributed by atoms with Crippen molar-refractivity contribution >= 4 is 29.1 Å². The number of carbonyl (C=O) groups excluding carboxylic acids is 2. The summed E-state index contributed by atoms with van der Waals surface area (Å²) in [4.78, 5) is 26.6. The number of nitrogens with one attached hydrogen (secondary N) is 1. The summed E-state index contributed by atoms with van der Waals surface area (Å²) in [6.07, 6.45) is 0.931. The van der Waals surface area contributed by atoms with Crippen LogP contribution in [-0.2, 0) is 9.59 Å². The van der Waals surface area contributed by atoms with Crippen LogP contribution in [0.1, 0.15) is 24.4 Å². The van der Waals surface area contributed by atoms with Crippen molar-refractivity contribution in [3.05, 3.63) is 65.2 Å². The smallest absolute Gasteiger partial charge is 0.229 e. The van der Waals surface area contributed by atoms with E-state index in [9.17, 15) is 9.59 Å². The average Bonchev–Trinajstić information content (AvgIpc) is 2.60. The Morgan fingerprint density at radius 1 is 1.12 bits per heavy atom. The number of anilines is 1. The first kappa shape index (κ1) is 16.5. The summed E-state index contributed by atoms with van der Waals surface area (Å²) in [5.41, 5.74) is 1.68. The molecule has 1 N–H and O–H groups in total. The van der Waals surface area contributed by atoms with Gasteiger partial charge in [-0.25, -0.2) is 0 Å². The molecule has 0 aliphatic carbocycles. The van der Waals surface area contributed by atoms with Crippen LogP contribution in [0.15, 0.2) is 54.6 Å². The van der Waals surface area contributed by atoms with E-state index in [2.05, 4.69) is 5.32 Å². The third-order valence-corrected chi connectivity index (χ3v) is 4.70. The van der Waals surface area contributed by atoms with Crippen molar-refractivity contribution in [1.82, 2.24) is 4.90 Å². The molecule has 0 aromatic heterocycles. The Kier molecular flexibility index (Phi) is 4.86. The maximum atomic E-state index is 12.8. The van der Waals surface area contributed by atoms with Crippen molar-refractivity contribution in [2.75, 3.05) is 12.4 Å². The highest BCUT2D eigenvalue weighted by atomic mass is 35.5. The molecule has 2 aromatic carbocycles. The van der Waals surface area contributed by atoms with Crippen LogP contribution in [0.5, 0.6) is 0 Å². The number of hydrogen-bond acceptors (Lipinski definition) is 2. The highest BCUT2D eigenvalue weighted by Gasteiger charge is 2.38. The number of rotatable bonds is 3. The summed E-state index contributed by atoms with van der Waals surface area (Å²) >= 11 is 5.88. The maximum absolute atomic E-state index is 12.8. The van der Waals surface area contributed by atoms with Crippen LogP contribution in [0.4, 0.5) is 5.69 Å². The lowest BCUT2D eigenvalue weighted by Crippen LogP contribution is -2.44. The quantitative estimate of drug-likeness (QED) is 0.920. The molecule has 3 rings (SSSR count). The second kappa shape index (κ2) is 7.05. The number of carbonyl (C=O) groups is 2. The molecular formula is C19H19ClN2O2. The molecule has 24 heavy (non-hydrogen) atoms. The van der Waals surface area contributed by atoms with Gasteiger partial charge < -0.3 is 10.2 Å². The highest BCUT2D eigenvalue weighted by molar-refractivity contribution is 6.30. The predicted molar refractivity (Wildman–Crippen MR) is 94.8 cm³/mol. The van der Waals surface area contributed by atoms with Gasteiger partial charge in [-0.05, 0) is 36.2 Å². The summed E-state index contributed by atoms with van der Waals surface area (Å²) in [6.45, 7) is 0. The summed E-state index contributed by atoms with van der Waals surface area (Å²) in [6, 6.07) is 16.5. The van der Waals surface area contributed by atoms with Crippen LogP contribution in [-0.4, -0.2) is 23.8 Å². The summed E-state index contributed by atoms with van der Waals surface area (Å²) in [7, 11) is 1.77. The monoisotopic (exact) mass is 342 g/mol. The lowest BCUT2D eigenvalue weighted by molar-refractivity contribution is -0.140. The van der Waals surface area contributed by atoms with E-state index in [1.54, 1.807) is 36.2 Å². The number of hydrogen-bond donors (Lipinski definition) is 1. The molecule has 0 spiro atoms. The van der Waals surface area contributed by atoms with Gasteiger partial charge in [0.1, 0.15) is 0 Å². The fraction of sp³-hybridized carbons (Fsp3) is 0.263. The van der Waals surface area contributed by atoms with E-state index < -0.39 is 0 Å². The molecule has 0 bridgehead atoms. The Hall–Kier alpha value is -2.33. The number of benzene rings is 2.